The summed E-state index contributed by atoms with van der Waals surface area (Å²) in [6, 6.07) is -0.619. The van der Waals surface area contributed by atoms with Crippen molar-refractivity contribution < 1.29 is 19.1 Å². The molecule has 1 aliphatic carbocycles. The zero-order valence-corrected chi connectivity index (χ0v) is 17.0. The molecule has 0 saturated heterocycles. The monoisotopic (exact) mass is 374 g/mol. The molecule has 1 saturated carbocycles. The summed E-state index contributed by atoms with van der Waals surface area (Å²) in [5, 5.41) is 0. The second-order valence-corrected chi connectivity index (χ2v) is 7.12. The Morgan fingerprint density at radius 2 is 1.96 bits per heavy atom. The van der Waals surface area contributed by atoms with Gasteiger partial charge in [-0.1, -0.05) is 12.5 Å². The number of Topliss-reactive ketones (excluding diaryl/α,β-unsaturated/α-hetero) is 1. The summed E-state index contributed by atoms with van der Waals surface area (Å²) in [6.45, 7) is 11.9. The van der Waals surface area contributed by atoms with Crippen molar-refractivity contribution in [2.75, 3.05) is 13.7 Å². The summed E-state index contributed by atoms with van der Waals surface area (Å²) < 4.78 is 6.70. The largest absolute Gasteiger partial charge is 0.464 e. The number of ketones is 1. The van der Waals surface area contributed by atoms with Gasteiger partial charge in [0.25, 0.3) is 0 Å². The fourth-order valence-electron chi connectivity index (χ4n) is 3.83. The molecule has 1 heterocycles. The molecule has 2 rings (SSSR count). The number of methoxy groups -OCH3 is 1. The van der Waals surface area contributed by atoms with Crippen molar-refractivity contribution in [3.05, 3.63) is 35.2 Å². The molecule has 1 aromatic heterocycles. The summed E-state index contributed by atoms with van der Waals surface area (Å²) in [4.78, 5) is 40.0. The number of amides is 1. The molecular weight excluding hydrogens is 344 g/mol. The number of esters is 1. The van der Waals surface area contributed by atoms with E-state index in [1.54, 1.807) is 29.4 Å². The molecule has 1 fully saturated rings. The third-order valence-electron chi connectivity index (χ3n) is 5.62. The van der Waals surface area contributed by atoms with Crippen LogP contribution in [0.3, 0.4) is 0 Å². The minimum Gasteiger partial charge on any atom is -0.464 e. The molecule has 0 spiro atoms. The Balaban J connectivity index is 2.42. The SMILES string of the molecule is C=CCN(C(=O)C1CCC1)C(C)C(=O)c1c(C)c(C(=O)OC)n(CC)c1C. The van der Waals surface area contributed by atoms with Crippen molar-refractivity contribution in [1.29, 1.82) is 0 Å². The van der Waals surface area contributed by atoms with E-state index in [9.17, 15) is 14.4 Å². The molecule has 0 aromatic carbocycles. The molecule has 0 radical (unpaired) electrons. The van der Waals surface area contributed by atoms with Gasteiger partial charge >= 0.3 is 5.97 Å². The number of rotatable bonds is 8. The predicted molar refractivity (Wildman–Crippen MR) is 104 cm³/mol. The normalized spacial score (nSPS) is 15.0. The van der Waals surface area contributed by atoms with E-state index in [0.717, 1.165) is 25.0 Å². The van der Waals surface area contributed by atoms with Gasteiger partial charge in [-0.2, -0.15) is 0 Å². The summed E-state index contributed by atoms with van der Waals surface area (Å²) >= 11 is 0. The van der Waals surface area contributed by atoms with Crippen LogP contribution in [0.5, 0.6) is 0 Å². The fourth-order valence-corrected chi connectivity index (χ4v) is 3.83. The highest BCUT2D eigenvalue weighted by atomic mass is 16.5. The van der Waals surface area contributed by atoms with Gasteiger partial charge < -0.3 is 14.2 Å². The Kier molecular flexibility index (Phi) is 6.63. The van der Waals surface area contributed by atoms with E-state index in [4.69, 9.17) is 4.74 Å². The van der Waals surface area contributed by atoms with Crippen LogP contribution in [0.2, 0.25) is 0 Å². The first-order valence-corrected chi connectivity index (χ1v) is 9.53. The highest BCUT2D eigenvalue weighted by Crippen LogP contribution is 2.30. The standard InChI is InChI=1S/C21H30N2O4/c1-7-12-23(20(25)16-10-9-11-16)15(5)19(24)17-13(3)18(21(26)27-6)22(8-2)14(17)4/h7,15-16H,1,8-12H2,2-6H3. The lowest BCUT2D eigenvalue weighted by Gasteiger charge is -2.34. The lowest BCUT2D eigenvalue weighted by atomic mass is 9.84. The molecule has 0 aliphatic heterocycles. The van der Waals surface area contributed by atoms with Crippen LogP contribution in [-0.4, -0.2) is 46.8 Å². The van der Waals surface area contributed by atoms with E-state index in [0.29, 0.717) is 29.9 Å². The number of aromatic nitrogens is 1. The molecule has 148 valence electrons. The first-order chi connectivity index (χ1) is 12.8. The molecule has 27 heavy (non-hydrogen) atoms. The summed E-state index contributed by atoms with van der Waals surface area (Å²) in [7, 11) is 1.33. The molecule has 1 amide bonds. The number of hydrogen-bond acceptors (Lipinski definition) is 4. The molecule has 0 N–H and O–H groups in total. The van der Waals surface area contributed by atoms with E-state index >= 15 is 0 Å². The molecule has 1 unspecified atom stereocenters. The highest BCUT2D eigenvalue weighted by molar-refractivity contribution is 6.06. The predicted octanol–water partition coefficient (Wildman–Crippen LogP) is 3.30. The minimum absolute atomic E-state index is 0.00765. The summed E-state index contributed by atoms with van der Waals surface area (Å²) in [5.74, 6) is -0.594. The van der Waals surface area contributed by atoms with Gasteiger partial charge in [0.1, 0.15) is 5.69 Å². The van der Waals surface area contributed by atoms with E-state index in [-0.39, 0.29) is 17.6 Å². The van der Waals surface area contributed by atoms with Crippen molar-refractivity contribution in [3.63, 3.8) is 0 Å². The minimum atomic E-state index is -0.619. The van der Waals surface area contributed by atoms with Crippen LogP contribution in [0.4, 0.5) is 0 Å². The summed E-state index contributed by atoms with van der Waals surface area (Å²) in [5.41, 5.74) is 2.23. The first kappa shape index (κ1) is 20.9. The van der Waals surface area contributed by atoms with Gasteiger partial charge in [0.05, 0.1) is 13.2 Å². The average Bonchev–Trinajstić information content (AvgIpc) is 2.85. The smallest absolute Gasteiger partial charge is 0.354 e. The lowest BCUT2D eigenvalue weighted by Crippen LogP contribution is -2.47. The fraction of sp³-hybridized carbons (Fsp3) is 0.571. The van der Waals surface area contributed by atoms with Gasteiger partial charge in [0, 0.05) is 30.3 Å². The number of carbonyl (C=O) groups is 3. The molecule has 6 heteroatoms. The van der Waals surface area contributed by atoms with Crippen molar-refractivity contribution in [2.24, 2.45) is 5.92 Å². The summed E-state index contributed by atoms with van der Waals surface area (Å²) in [6.07, 6.45) is 4.46. The van der Waals surface area contributed by atoms with Crippen molar-refractivity contribution in [2.45, 2.75) is 59.5 Å². The Labute approximate surface area is 161 Å². The third kappa shape index (κ3) is 3.70. The molecule has 6 nitrogen and oxygen atoms in total. The quantitative estimate of drug-likeness (QED) is 0.398. The van der Waals surface area contributed by atoms with E-state index in [2.05, 4.69) is 6.58 Å². The molecule has 1 aliphatic rings. The number of hydrogen-bond donors (Lipinski definition) is 0. The Hall–Kier alpha value is -2.37. The van der Waals surface area contributed by atoms with Crippen LogP contribution in [0.15, 0.2) is 12.7 Å². The maximum atomic E-state index is 13.3. The van der Waals surface area contributed by atoms with Gasteiger partial charge in [-0.3, -0.25) is 9.59 Å². The first-order valence-electron chi connectivity index (χ1n) is 9.53. The maximum Gasteiger partial charge on any atom is 0.354 e. The molecule has 1 atom stereocenters. The van der Waals surface area contributed by atoms with E-state index < -0.39 is 12.0 Å². The highest BCUT2D eigenvalue weighted by Gasteiger charge is 2.36. The second kappa shape index (κ2) is 8.55. The van der Waals surface area contributed by atoms with Gasteiger partial charge in [-0.05, 0) is 46.1 Å². The van der Waals surface area contributed by atoms with Crippen molar-refractivity contribution in [3.8, 4) is 0 Å². The number of nitrogens with zero attached hydrogens (tertiary/aromatic N) is 2. The van der Waals surface area contributed by atoms with Gasteiger partial charge in [-0.15, -0.1) is 6.58 Å². The van der Waals surface area contributed by atoms with Crippen LogP contribution in [0.25, 0.3) is 0 Å². The lowest BCUT2D eigenvalue weighted by molar-refractivity contribution is -0.138. The van der Waals surface area contributed by atoms with Gasteiger partial charge in [0.2, 0.25) is 5.91 Å². The Morgan fingerprint density at radius 1 is 1.33 bits per heavy atom. The van der Waals surface area contributed by atoms with Crippen LogP contribution in [-0.2, 0) is 16.1 Å². The van der Waals surface area contributed by atoms with Gasteiger partial charge in [-0.25, -0.2) is 4.79 Å². The number of carbonyl (C=O) groups excluding carboxylic acids is 3. The topological polar surface area (TPSA) is 68.6 Å². The Morgan fingerprint density at radius 3 is 2.41 bits per heavy atom. The van der Waals surface area contributed by atoms with E-state index in [1.165, 1.54) is 7.11 Å². The molecule has 0 bridgehead atoms. The van der Waals surface area contributed by atoms with Crippen molar-refractivity contribution >= 4 is 17.7 Å². The zero-order valence-electron chi connectivity index (χ0n) is 17.0. The van der Waals surface area contributed by atoms with Crippen LogP contribution in [0, 0.1) is 19.8 Å². The number of ether oxygens (including phenoxy) is 1. The van der Waals surface area contributed by atoms with Crippen LogP contribution < -0.4 is 0 Å². The van der Waals surface area contributed by atoms with Crippen LogP contribution in [0.1, 0.15) is 65.2 Å². The average molecular weight is 374 g/mol. The van der Waals surface area contributed by atoms with E-state index in [1.807, 2.05) is 13.8 Å². The molecule has 1 aromatic rings. The third-order valence-corrected chi connectivity index (χ3v) is 5.62. The second-order valence-electron chi connectivity index (χ2n) is 7.12. The maximum absolute atomic E-state index is 13.3. The van der Waals surface area contributed by atoms with Crippen LogP contribution >= 0.6 is 0 Å². The Bertz CT molecular complexity index is 759. The van der Waals surface area contributed by atoms with Gasteiger partial charge in [0.15, 0.2) is 5.78 Å². The van der Waals surface area contributed by atoms with Crippen molar-refractivity contribution in [1.82, 2.24) is 9.47 Å². The zero-order chi connectivity index (χ0) is 20.3. The molecular formula is C21H30N2O4.